The molecule has 2 N–H and O–H groups in total. The molecular formula is C10H15NO4. The molecule has 3 atom stereocenters. The molecule has 1 aliphatic carbocycles. The molecule has 0 amide bonds. The summed E-state index contributed by atoms with van der Waals surface area (Å²) in [5.41, 5.74) is -0.637. The van der Waals surface area contributed by atoms with E-state index >= 15 is 0 Å². The van der Waals surface area contributed by atoms with Crippen molar-refractivity contribution in [2.24, 2.45) is 11.3 Å². The van der Waals surface area contributed by atoms with E-state index in [0.29, 0.717) is 19.5 Å². The minimum atomic E-state index is -0.880. The van der Waals surface area contributed by atoms with Crippen LogP contribution in [0.25, 0.3) is 0 Å². The Hall–Kier alpha value is -1.10. The molecule has 5 heteroatoms. The summed E-state index contributed by atoms with van der Waals surface area (Å²) in [6.07, 6.45) is 1.52. The topological polar surface area (TPSA) is 77.8 Å². The molecule has 1 aliphatic heterocycles. The minimum Gasteiger partial charge on any atom is -0.481 e. The first-order valence-electron chi connectivity index (χ1n) is 5.17. The van der Waals surface area contributed by atoms with Crippen molar-refractivity contribution in [3.63, 3.8) is 0 Å². The maximum absolute atomic E-state index is 11.1. The van der Waals surface area contributed by atoms with Crippen LogP contribution in [0.15, 0.2) is 0 Å². The molecule has 1 heterocycles. The molecule has 0 aromatic heterocycles. The van der Waals surface area contributed by atoms with Gasteiger partial charge in [0, 0.05) is 6.54 Å². The fourth-order valence-electron chi connectivity index (χ4n) is 2.53. The van der Waals surface area contributed by atoms with Crippen molar-refractivity contribution in [1.29, 1.82) is 0 Å². The Bertz CT molecular complexity index is 317. The standard InChI is InChI=1S/C10H15NO4/c1-6(8(12)13)11-3-2-7-4-10(7,5-11)9(14)15/h6-7H,2-5H2,1H3,(H,12,13)(H,14,15). The zero-order valence-corrected chi connectivity index (χ0v) is 8.64. The molecule has 84 valence electrons. The first-order valence-corrected chi connectivity index (χ1v) is 5.17. The number of hydrogen-bond donors (Lipinski definition) is 2. The van der Waals surface area contributed by atoms with Crippen molar-refractivity contribution in [3.8, 4) is 0 Å². The Morgan fingerprint density at radius 3 is 2.67 bits per heavy atom. The van der Waals surface area contributed by atoms with Gasteiger partial charge < -0.3 is 10.2 Å². The normalized spacial score (nSPS) is 36.7. The lowest BCUT2D eigenvalue weighted by Gasteiger charge is -2.33. The number of carboxylic acid groups (broad SMARTS) is 2. The predicted molar refractivity (Wildman–Crippen MR) is 51.5 cm³/mol. The van der Waals surface area contributed by atoms with Gasteiger partial charge in [0.2, 0.25) is 0 Å². The number of rotatable bonds is 3. The molecule has 0 radical (unpaired) electrons. The van der Waals surface area contributed by atoms with E-state index in [0.717, 1.165) is 6.42 Å². The second-order valence-corrected chi connectivity index (χ2v) is 4.64. The second-order valence-electron chi connectivity index (χ2n) is 4.64. The van der Waals surface area contributed by atoms with Crippen molar-refractivity contribution in [3.05, 3.63) is 0 Å². The van der Waals surface area contributed by atoms with Gasteiger partial charge in [-0.25, -0.2) is 0 Å². The Morgan fingerprint density at radius 2 is 2.13 bits per heavy atom. The summed E-state index contributed by atoms with van der Waals surface area (Å²) >= 11 is 0. The van der Waals surface area contributed by atoms with E-state index in [1.807, 2.05) is 0 Å². The molecule has 3 unspecified atom stereocenters. The van der Waals surface area contributed by atoms with Crippen LogP contribution < -0.4 is 0 Å². The monoisotopic (exact) mass is 213 g/mol. The zero-order chi connectivity index (χ0) is 11.2. The van der Waals surface area contributed by atoms with Gasteiger partial charge in [-0.3, -0.25) is 14.5 Å². The van der Waals surface area contributed by atoms with Crippen LogP contribution in [0.5, 0.6) is 0 Å². The Morgan fingerprint density at radius 1 is 1.47 bits per heavy atom. The molecule has 0 aromatic carbocycles. The second kappa shape index (κ2) is 3.20. The number of fused-ring (bicyclic) bond motifs is 1. The number of piperidine rings is 1. The zero-order valence-electron chi connectivity index (χ0n) is 8.64. The molecule has 0 aromatic rings. The van der Waals surface area contributed by atoms with Gasteiger partial charge in [0.15, 0.2) is 0 Å². The van der Waals surface area contributed by atoms with Crippen LogP contribution in [0, 0.1) is 11.3 Å². The Balaban J connectivity index is 2.07. The number of carboxylic acids is 2. The molecule has 2 fully saturated rings. The number of nitrogens with zero attached hydrogens (tertiary/aromatic N) is 1. The third kappa shape index (κ3) is 1.51. The van der Waals surface area contributed by atoms with Gasteiger partial charge in [-0.05, 0) is 32.2 Å². The summed E-state index contributed by atoms with van der Waals surface area (Å²) < 4.78 is 0. The smallest absolute Gasteiger partial charge is 0.320 e. The van der Waals surface area contributed by atoms with Gasteiger partial charge in [0.05, 0.1) is 5.41 Å². The lowest BCUT2D eigenvalue weighted by Crippen LogP contribution is -2.47. The molecule has 1 saturated heterocycles. The van der Waals surface area contributed by atoms with Crippen molar-refractivity contribution in [2.75, 3.05) is 13.1 Å². The van der Waals surface area contributed by atoms with E-state index in [2.05, 4.69) is 0 Å². The van der Waals surface area contributed by atoms with Gasteiger partial charge >= 0.3 is 11.9 Å². The van der Waals surface area contributed by atoms with Crippen molar-refractivity contribution in [2.45, 2.75) is 25.8 Å². The van der Waals surface area contributed by atoms with Gasteiger partial charge in [0.1, 0.15) is 6.04 Å². The molecule has 0 spiro atoms. The van der Waals surface area contributed by atoms with Crippen LogP contribution in [0.2, 0.25) is 0 Å². The Labute approximate surface area is 87.7 Å². The summed E-state index contributed by atoms with van der Waals surface area (Å²) in [6, 6.07) is -0.581. The van der Waals surface area contributed by atoms with Gasteiger partial charge in [-0.2, -0.15) is 0 Å². The summed E-state index contributed by atoms with van der Waals surface area (Å²) in [6.45, 7) is 2.70. The number of likely N-dealkylation sites (tertiary alicyclic amines) is 1. The lowest BCUT2D eigenvalue weighted by molar-refractivity contribution is -0.150. The fraction of sp³-hybridized carbons (Fsp3) is 0.800. The highest BCUT2D eigenvalue weighted by Crippen LogP contribution is 2.57. The lowest BCUT2D eigenvalue weighted by atomic mass is 9.96. The van der Waals surface area contributed by atoms with Crippen LogP contribution in [0.1, 0.15) is 19.8 Å². The molecule has 2 aliphatic rings. The largest absolute Gasteiger partial charge is 0.481 e. The van der Waals surface area contributed by atoms with E-state index in [4.69, 9.17) is 10.2 Å². The highest BCUT2D eigenvalue weighted by atomic mass is 16.4. The van der Waals surface area contributed by atoms with E-state index in [1.54, 1.807) is 11.8 Å². The first kappa shape index (κ1) is 10.4. The van der Waals surface area contributed by atoms with Crippen molar-refractivity contribution in [1.82, 2.24) is 4.90 Å². The molecule has 2 rings (SSSR count). The molecule has 0 bridgehead atoms. The maximum atomic E-state index is 11.1. The van der Waals surface area contributed by atoms with Crippen molar-refractivity contribution < 1.29 is 19.8 Å². The number of hydrogen-bond acceptors (Lipinski definition) is 3. The number of carbonyl (C=O) groups is 2. The minimum absolute atomic E-state index is 0.271. The van der Waals surface area contributed by atoms with E-state index < -0.39 is 23.4 Å². The average molecular weight is 213 g/mol. The number of aliphatic carboxylic acids is 2. The van der Waals surface area contributed by atoms with Crippen LogP contribution in [0.4, 0.5) is 0 Å². The van der Waals surface area contributed by atoms with Gasteiger partial charge in [-0.1, -0.05) is 0 Å². The van der Waals surface area contributed by atoms with Crippen LogP contribution in [-0.2, 0) is 9.59 Å². The molecular weight excluding hydrogens is 198 g/mol. The average Bonchev–Trinajstić information content (AvgIpc) is 2.90. The summed E-state index contributed by atoms with van der Waals surface area (Å²) in [4.78, 5) is 23.6. The van der Waals surface area contributed by atoms with E-state index in [1.165, 1.54) is 0 Å². The van der Waals surface area contributed by atoms with E-state index in [9.17, 15) is 9.59 Å². The fourth-order valence-corrected chi connectivity index (χ4v) is 2.53. The first-order chi connectivity index (χ1) is 6.97. The van der Waals surface area contributed by atoms with Gasteiger partial charge in [-0.15, -0.1) is 0 Å². The van der Waals surface area contributed by atoms with Crippen LogP contribution in [-0.4, -0.2) is 46.2 Å². The third-order valence-corrected chi connectivity index (χ3v) is 3.81. The molecule has 1 saturated carbocycles. The molecule has 15 heavy (non-hydrogen) atoms. The Kier molecular flexibility index (Phi) is 2.22. The van der Waals surface area contributed by atoms with Gasteiger partial charge in [0.25, 0.3) is 0 Å². The quantitative estimate of drug-likeness (QED) is 0.703. The highest BCUT2D eigenvalue weighted by Gasteiger charge is 2.62. The van der Waals surface area contributed by atoms with E-state index in [-0.39, 0.29) is 5.92 Å². The van der Waals surface area contributed by atoms with Crippen LogP contribution in [0.3, 0.4) is 0 Å². The van der Waals surface area contributed by atoms with Crippen LogP contribution >= 0.6 is 0 Å². The third-order valence-electron chi connectivity index (χ3n) is 3.81. The summed E-state index contributed by atoms with van der Waals surface area (Å²) in [5.74, 6) is -1.38. The SMILES string of the molecule is CC(C(=O)O)N1CCC2CC2(C(=O)O)C1. The maximum Gasteiger partial charge on any atom is 0.320 e. The predicted octanol–water partition coefficient (Wildman–Crippen LogP) is 0.256. The van der Waals surface area contributed by atoms with Crippen molar-refractivity contribution >= 4 is 11.9 Å². The highest BCUT2D eigenvalue weighted by molar-refractivity contribution is 5.79. The summed E-state index contributed by atoms with van der Waals surface area (Å²) in [7, 11) is 0. The summed E-state index contributed by atoms with van der Waals surface area (Å²) in [5, 5.41) is 18.0. The molecule has 5 nitrogen and oxygen atoms in total.